The molecule has 21 heavy (non-hydrogen) atoms. The predicted molar refractivity (Wildman–Crippen MR) is 87.3 cm³/mol. The molecule has 0 fully saturated rings. The Kier molecular flexibility index (Phi) is 13.5. The molecule has 1 unspecified atom stereocenters. The lowest BCUT2D eigenvalue weighted by Gasteiger charge is -2.15. The van der Waals surface area contributed by atoms with Crippen molar-refractivity contribution in [3.8, 4) is 0 Å². The van der Waals surface area contributed by atoms with Gasteiger partial charge in [0.25, 0.3) is 0 Å². The van der Waals surface area contributed by atoms with Crippen LogP contribution in [-0.4, -0.2) is 18.4 Å². The van der Waals surface area contributed by atoms with Crippen molar-refractivity contribution >= 4 is 11.8 Å². The summed E-state index contributed by atoms with van der Waals surface area (Å²) in [6, 6.07) is 0. The Bertz CT molecular complexity index is 274. The van der Waals surface area contributed by atoms with Crippen LogP contribution in [0.15, 0.2) is 0 Å². The summed E-state index contributed by atoms with van der Waals surface area (Å²) < 4.78 is 5.00. The normalized spacial score (nSPS) is 12.1. The van der Waals surface area contributed by atoms with Gasteiger partial charge in [-0.2, -0.15) is 0 Å². The highest BCUT2D eigenvalue weighted by molar-refractivity contribution is 5.85. The largest absolute Gasteiger partial charge is 0.466 e. The Morgan fingerprint density at radius 3 is 2.05 bits per heavy atom. The Balaban J connectivity index is 4.20. The molecule has 0 heterocycles. The SMILES string of the molecule is CCCCCCC(=O)C(CCCCCC)CC(=O)OCC. The van der Waals surface area contributed by atoms with Gasteiger partial charge in [-0.1, -0.05) is 58.8 Å². The molecule has 0 spiro atoms. The zero-order valence-corrected chi connectivity index (χ0v) is 14.3. The first kappa shape index (κ1) is 20.1. The number of carbonyl (C=O) groups excluding carboxylic acids is 2. The molecule has 0 rings (SSSR count). The molecular weight excluding hydrogens is 264 g/mol. The van der Waals surface area contributed by atoms with Crippen molar-refractivity contribution in [1.29, 1.82) is 0 Å². The molecule has 0 aliphatic heterocycles. The van der Waals surface area contributed by atoms with E-state index in [1.807, 2.05) is 0 Å². The summed E-state index contributed by atoms with van der Waals surface area (Å²) in [6.45, 7) is 6.54. The van der Waals surface area contributed by atoms with E-state index in [0.717, 1.165) is 32.1 Å². The number of unbranched alkanes of at least 4 members (excludes halogenated alkanes) is 6. The Morgan fingerprint density at radius 1 is 0.857 bits per heavy atom. The lowest BCUT2D eigenvalue weighted by atomic mass is 9.90. The average Bonchev–Trinajstić information content (AvgIpc) is 2.47. The van der Waals surface area contributed by atoms with Crippen LogP contribution in [0.2, 0.25) is 0 Å². The number of esters is 1. The van der Waals surface area contributed by atoms with E-state index in [1.54, 1.807) is 6.92 Å². The summed E-state index contributed by atoms with van der Waals surface area (Å²) in [7, 11) is 0. The minimum atomic E-state index is -0.222. The predicted octanol–water partition coefficient (Wildman–Crippen LogP) is 5.07. The van der Waals surface area contributed by atoms with Crippen molar-refractivity contribution < 1.29 is 14.3 Å². The van der Waals surface area contributed by atoms with Crippen LogP contribution >= 0.6 is 0 Å². The molecule has 0 aromatic heterocycles. The van der Waals surface area contributed by atoms with Crippen LogP contribution < -0.4 is 0 Å². The molecule has 0 radical (unpaired) electrons. The Morgan fingerprint density at radius 2 is 1.48 bits per heavy atom. The summed E-state index contributed by atoms with van der Waals surface area (Å²) in [5.74, 6) is -0.0851. The van der Waals surface area contributed by atoms with Gasteiger partial charge in [-0.25, -0.2) is 0 Å². The molecule has 1 atom stereocenters. The number of ketones is 1. The highest BCUT2D eigenvalue weighted by Crippen LogP contribution is 2.19. The average molecular weight is 298 g/mol. The topological polar surface area (TPSA) is 43.4 Å². The van der Waals surface area contributed by atoms with Crippen LogP contribution in [-0.2, 0) is 14.3 Å². The molecule has 0 N–H and O–H groups in total. The van der Waals surface area contributed by atoms with Gasteiger partial charge in [0.1, 0.15) is 5.78 Å². The molecule has 0 bridgehead atoms. The van der Waals surface area contributed by atoms with E-state index < -0.39 is 0 Å². The number of hydrogen-bond acceptors (Lipinski definition) is 3. The number of hydrogen-bond donors (Lipinski definition) is 0. The first-order valence-electron chi connectivity index (χ1n) is 8.83. The standard InChI is InChI=1S/C18H34O3/c1-4-7-9-11-13-16(15-18(20)21-6-3)17(19)14-12-10-8-5-2/h16H,4-15H2,1-3H3. The molecule has 0 saturated carbocycles. The highest BCUT2D eigenvalue weighted by Gasteiger charge is 2.21. The van der Waals surface area contributed by atoms with Gasteiger partial charge >= 0.3 is 5.97 Å². The van der Waals surface area contributed by atoms with Gasteiger partial charge in [0.2, 0.25) is 0 Å². The lowest BCUT2D eigenvalue weighted by Crippen LogP contribution is -2.20. The van der Waals surface area contributed by atoms with E-state index in [4.69, 9.17) is 4.74 Å². The molecular formula is C18H34O3. The molecule has 0 aliphatic rings. The van der Waals surface area contributed by atoms with E-state index in [-0.39, 0.29) is 24.1 Å². The van der Waals surface area contributed by atoms with Crippen LogP contribution in [0.25, 0.3) is 0 Å². The number of Topliss-reactive ketones (excluding diaryl/α,β-unsaturated/α-hetero) is 1. The number of rotatable bonds is 14. The smallest absolute Gasteiger partial charge is 0.306 e. The maximum Gasteiger partial charge on any atom is 0.306 e. The molecule has 0 aliphatic carbocycles. The summed E-state index contributed by atoms with van der Waals surface area (Å²) in [4.78, 5) is 24.0. The summed E-state index contributed by atoms with van der Waals surface area (Å²) in [6.07, 6.45) is 10.8. The third-order valence-electron chi connectivity index (χ3n) is 3.86. The summed E-state index contributed by atoms with van der Waals surface area (Å²) >= 11 is 0. The second-order valence-corrected chi connectivity index (χ2v) is 5.83. The second-order valence-electron chi connectivity index (χ2n) is 5.83. The fourth-order valence-electron chi connectivity index (χ4n) is 2.55. The quantitative estimate of drug-likeness (QED) is 0.332. The second kappa shape index (κ2) is 14.1. The first-order chi connectivity index (χ1) is 10.2. The van der Waals surface area contributed by atoms with Crippen molar-refractivity contribution in [2.45, 2.75) is 91.4 Å². The fraction of sp³-hybridized carbons (Fsp3) is 0.889. The van der Waals surface area contributed by atoms with Gasteiger partial charge in [0.05, 0.1) is 13.0 Å². The van der Waals surface area contributed by atoms with E-state index in [1.165, 1.54) is 25.7 Å². The van der Waals surface area contributed by atoms with E-state index in [9.17, 15) is 9.59 Å². The van der Waals surface area contributed by atoms with E-state index in [0.29, 0.717) is 13.0 Å². The minimum absolute atomic E-state index is 0.123. The maximum atomic E-state index is 12.3. The zero-order valence-electron chi connectivity index (χ0n) is 14.3. The van der Waals surface area contributed by atoms with Crippen LogP contribution in [0.5, 0.6) is 0 Å². The molecule has 0 amide bonds. The van der Waals surface area contributed by atoms with Crippen LogP contribution in [0.1, 0.15) is 91.4 Å². The van der Waals surface area contributed by atoms with Crippen LogP contribution in [0.4, 0.5) is 0 Å². The van der Waals surface area contributed by atoms with Crippen molar-refractivity contribution in [2.75, 3.05) is 6.61 Å². The molecule has 0 saturated heterocycles. The molecule has 3 heteroatoms. The summed E-state index contributed by atoms with van der Waals surface area (Å²) in [5.41, 5.74) is 0. The van der Waals surface area contributed by atoms with Gasteiger partial charge in [0.15, 0.2) is 0 Å². The lowest BCUT2D eigenvalue weighted by molar-refractivity contribution is -0.146. The van der Waals surface area contributed by atoms with Gasteiger partial charge in [-0.05, 0) is 19.8 Å². The minimum Gasteiger partial charge on any atom is -0.466 e. The Labute approximate surface area is 130 Å². The molecule has 3 nitrogen and oxygen atoms in total. The van der Waals surface area contributed by atoms with Crippen molar-refractivity contribution in [2.24, 2.45) is 5.92 Å². The third-order valence-corrected chi connectivity index (χ3v) is 3.86. The van der Waals surface area contributed by atoms with Crippen LogP contribution in [0, 0.1) is 5.92 Å². The van der Waals surface area contributed by atoms with E-state index in [2.05, 4.69) is 13.8 Å². The third kappa shape index (κ3) is 11.5. The summed E-state index contributed by atoms with van der Waals surface area (Å²) in [5, 5.41) is 0. The number of ether oxygens (including phenoxy) is 1. The van der Waals surface area contributed by atoms with Crippen molar-refractivity contribution in [3.05, 3.63) is 0 Å². The zero-order chi connectivity index (χ0) is 15.9. The monoisotopic (exact) mass is 298 g/mol. The molecule has 0 aromatic carbocycles. The first-order valence-corrected chi connectivity index (χ1v) is 8.83. The van der Waals surface area contributed by atoms with E-state index >= 15 is 0 Å². The Hall–Kier alpha value is -0.860. The van der Waals surface area contributed by atoms with Gasteiger partial charge < -0.3 is 4.74 Å². The highest BCUT2D eigenvalue weighted by atomic mass is 16.5. The van der Waals surface area contributed by atoms with Gasteiger partial charge in [-0.15, -0.1) is 0 Å². The van der Waals surface area contributed by atoms with Crippen LogP contribution in [0.3, 0.4) is 0 Å². The molecule has 124 valence electrons. The maximum absolute atomic E-state index is 12.3. The van der Waals surface area contributed by atoms with Crippen molar-refractivity contribution in [1.82, 2.24) is 0 Å². The fourth-order valence-corrected chi connectivity index (χ4v) is 2.55. The number of carbonyl (C=O) groups is 2. The van der Waals surface area contributed by atoms with Gasteiger partial charge in [-0.3, -0.25) is 9.59 Å². The van der Waals surface area contributed by atoms with Gasteiger partial charge in [0, 0.05) is 12.3 Å². The molecule has 0 aromatic rings. The van der Waals surface area contributed by atoms with Crippen molar-refractivity contribution in [3.63, 3.8) is 0 Å².